The normalized spacial score (nSPS) is 18.0. The molecule has 1 atom stereocenters. The van der Waals surface area contributed by atoms with E-state index in [1.165, 1.54) is 9.87 Å². The predicted octanol–water partition coefficient (Wildman–Crippen LogP) is 3.55. The number of piperidine rings is 1. The van der Waals surface area contributed by atoms with Crippen LogP contribution in [0.5, 0.6) is 0 Å². The van der Waals surface area contributed by atoms with Crippen molar-refractivity contribution in [2.45, 2.75) is 57.0 Å². The maximum atomic E-state index is 13.1. The highest BCUT2D eigenvalue weighted by molar-refractivity contribution is 7.89. The Balaban J connectivity index is 1.66. The monoisotopic (exact) mass is 400 g/mol. The van der Waals surface area contributed by atoms with E-state index in [9.17, 15) is 13.2 Å². The minimum Gasteiger partial charge on any atom is -0.352 e. The third-order valence-electron chi connectivity index (χ3n) is 5.23. The molecule has 0 aliphatic carbocycles. The molecule has 1 saturated heterocycles. The van der Waals surface area contributed by atoms with Gasteiger partial charge in [0.25, 0.3) is 0 Å². The van der Waals surface area contributed by atoms with E-state index < -0.39 is 10.0 Å². The van der Waals surface area contributed by atoms with Gasteiger partial charge in [-0.2, -0.15) is 4.31 Å². The second-order valence-corrected chi connectivity index (χ2v) is 9.44. The number of hydrogen-bond acceptors (Lipinski definition) is 3. The van der Waals surface area contributed by atoms with Crippen molar-refractivity contribution in [3.05, 3.63) is 65.2 Å². The van der Waals surface area contributed by atoms with E-state index >= 15 is 0 Å². The second kappa shape index (κ2) is 8.88. The average Bonchev–Trinajstić information content (AvgIpc) is 2.68. The van der Waals surface area contributed by atoms with Gasteiger partial charge in [0, 0.05) is 25.6 Å². The molecule has 0 bridgehead atoms. The highest BCUT2D eigenvalue weighted by Crippen LogP contribution is 2.27. The van der Waals surface area contributed by atoms with Crippen LogP contribution in [0, 0.1) is 13.8 Å². The van der Waals surface area contributed by atoms with Crippen molar-refractivity contribution in [3.8, 4) is 0 Å². The zero-order valence-electron chi connectivity index (χ0n) is 16.5. The van der Waals surface area contributed by atoms with Gasteiger partial charge in [-0.1, -0.05) is 53.9 Å². The quantitative estimate of drug-likeness (QED) is 0.806. The Labute approximate surface area is 167 Å². The van der Waals surface area contributed by atoms with E-state index in [1.807, 2.05) is 38.1 Å². The molecule has 28 heavy (non-hydrogen) atoms. The molecular formula is C22H28N2O3S. The minimum atomic E-state index is -3.59. The summed E-state index contributed by atoms with van der Waals surface area (Å²) in [5.41, 5.74) is 3.23. The van der Waals surface area contributed by atoms with E-state index in [4.69, 9.17) is 0 Å². The highest BCUT2D eigenvalue weighted by Gasteiger charge is 2.34. The van der Waals surface area contributed by atoms with Gasteiger partial charge in [-0.3, -0.25) is 4.79 Å². The van der Waals surface area contributed by atoms with Crippen molar-refractivity contribution >= 4 is 15.9 Å². The van der Waals surface area contributed by atoms with Gasteiger partial charge < -0.3 is 5.32 Å². The molecule has 0 aromatic heterocycles. The number of sulfonamides is 1. The summed E-state index contributed by atoms with van der Waals surface area (Å²) < 4.78 is 27.7. The maximum Gasteiger partial charge on any atom is 0.243 e. The van der Waals surface area contributed by atoms with Crippen LogP contribution in [0.3, 0.4) is 0 Å². The van der Waals surface area contributed by atoms with Crippen LogP contribution in [0.1, 0.15) is 42.4 Å². The van der Waals surface area contributed by atoms with Crippen molar-refractivity contribution in [2.75, 3.05) is 6.54 Å². The van der Waals surface area contributed by atoms with Gasteiger partial charge in [-0.25, -0.2) is 8.42 Å². The largest absolute Gasteiger partial charge is 0.352 e. The molecule has 0 radical (unpaired) electrons. The lowest BCUT2D eigenvalue weighted by Gasteiger charge is -2.34. The molecule has 0 saturated carbocycles. The number of benzene rings is 2. The third kappa shape index (κ3) is 5.00. The average molecular weight is 401 g/mol. The van der Waals surface area contributed by atoms with Crippen molar-refractivity contribution in [1.29, 1.82) is 0 Å². The predicted molar refractivity (Wildman–Crippen MR) is 110 cm³/mol. The standard InChI is InChI=1S/C22H28N2O3S/c1-17-6-10-19(11-7-17)16-23-22(25)15-20-5-3-4-14-24(20)28(26,27)21-12-8-18(2)9-13-21/h6-13,20H,3-5,14-16H2,1-2H3,(H,23,25)/t20-/m1/s1. The van der Waals surface area contributed by atoms with Crippen LogP contribution in [0.4, 0.5) is 0 Å². The van der Waals surface area contributed by atoms with Gasteiger partial charge in [0.15, 0.2) is 0 Å². The van der Waals surface area contributed by atoms with Crippen molar-refractivity contribution in [2.24, 2.45) is 0 Å². The van der Waals surface area contributed by atoms with Crippen molar-refractivity contribution < 1.29 is 13.2 Å². The first kappa shape index (κ1) is 20.6. The van der Waals surface area contributed by atoms with E-state index in [-0.39, 0.29) is 18.4 Å². The Kier molecular flexibility index (Phi) is 6.52. The highest BCUT2D eigenvalue weighted by atomic mass is 32.2. The third-order valence-corrected chi connectivity index (χ3v) is 7.20. The first-order valence-corrected chi connectivity index (χ1v) is 11.2. The van der Waals surface area contributed by atoms with Gasteiger partial charge in [0.2, 0.25) is 15.9 Å². The number of amides is 1. The molecular weight excluding hydrogens is 372 g/mol. The number of nitrogens with zero attached hydrogens (tertiary/aromatic N) is 1. The molecule has 0 spiro atoms. The van der Waals surface area contributed by atoms with E-state index in [1.54, 1.807) is 24.3 Å². The fraction of sp³-hybridized carbons (Fsp3) is 0.409. The SMILES string of the molecule is Cc1ccc(CNC(=O)C[C@H]2CCCCN2S(=O)(=O)c2ccc(C)cc2)cc1. The van der Waals surface area contributed by atoms with Gasteiger partial charge in [-0.05, 0) is 44.4 Å². The van der Waals surface area contributed by atoms with E-state index in [0.717, 1.165) is 24.0 Å². The molecule has 150 valence electrons. The first-order valence-electron chi connectivity index (χ1n) is 9.77. The summed E-state index contributed by atoms with van der Waals surface area (Å²) in [5.74, 6) is -0.114. The summed E-state index contributed by atoms with van der Waals surface area (Å²) in [6, 6.07) is 14.6. The molecule has 1 fully saturated rings. The van der Waals surface area contributed by atoms with Crippen LogP contribution >= 0.6 is 0 Å². The van der Waals surface area contributed by atoms with E-state index in [2.05, 4.69) is 5.32 Å². The lowest BCUT2D eigenvalue weighted by atomic mass is 10.0. The summed E-state index contributed by atoms with van der Waals surface area (Å²) >= 11 is 0. The Morgan fingerprint density at radius 3 is 2.25 bits per heavy atom. The van der Waals surface area contributed by atoms with Crippen LogP contribution in [0.15, 0.2) is 53.4 Å². The molecule has 1 heterocycles. The maximum absolute atomic E-state index is 13.1. The molecule has 1 N–H and O–H groups in total. The molecule has 2 aromatic rings. The summed E-state index contributed by atoms with van der Waals surface area (Å²) in [6.07, 6.45) is 2.67. The number of hydrogen-bond donors (Lipinski definition) is 1. The zero-order valence-corrected chi connectivity index (χ0v) is 17.3. The van der Waals surface area contributed by atoms with Crippen LogP contribution in [0.25, 0.3) is 0 Å². The van der Waals surface area contributed by atoms with Crippen molar-refractivity contribution in [3.63, 3.8) is 0 Å². The number of nitrogens with one attached hydrogen (secondary N) is 1. The molecule has 3 rings (SSSR count). The van der Waals surface area contributed by atoms with Crippen LogP contribution in [0.2, 0.25) is 0 Å². The van der Waals surface area contributed by atoms with Crippen LogP contribution < -0.4 is 5.32 Å². The summed E-state index contributed by atoms with van der Waals surface area (Å²) in [6.45, 7) is 4.87. The van der Waals surface area contributed by atoms with Crippen LogP contribution in [-0.2, 0) is 21.4 Å². The van der Waals surface area contributed by atoms with Gasteiger partial charge in [0.05, 0.1) is 4.90 Å². The fourth-order valence-corrected chi connectivity index (χ4v) is 5.23. The molecule has 5 nitrogen and oxygen atoms in total. The molecule has 1 aliphatic rings. The molecule has 1 aliphatic heterocycles. The van der Waals surface area contributed by atoms with Crippen molar-refractivity contribution in [1.82, 2.24) is 9.62 Å². The first-order chi connectivity index (χ1) is 13.4. The number of carbonyl (C=O) groups excluding carboxylic acids is 1. The topological polar surface area (TPSA) is 66.5 Å². The fourth-order valence-electron chi connectivity index (χ4n) is 3.53. The second-order valence-electron chi connectivity index (χ2n) is 7.54. The Morgan fingerprint density at radius 1 is 1.00 bits per heavy atom. The Morgan fingerprint density at radius 2 is 1.61 bits per heavy atom. The Hall–Kier alpha value is -2.18. The molecule has 6 heteroatoms. The zero-order chi connectivity index (χ0) is 20.1. The lowest BCUT2D eigenvalue weighted by molar-refractivity contribution is -0.122. The Bertz CT molecular complexity index is 906. The smallest absolute Gasteiger partial charge is 0.243 e. The van der Waals surface area contributed by atoms with Crippen LogP contribution in [-0.4, -0.2) is 31.2 Å². The van der Waals surface area contributed by atoms with Gasteiger partial charge >= 0.3 is 0 Å². The number of aryl methyl sites for hydroxylation is 2. The number of carbonyl (C=O) groups is 1. The lowest BCUT2D eigenvalue weighted by Crippen LogP contribution is -2.45. The van der Waals surface area contributed by atoms with Gasteiger partial charge in [-0.15, -0.1) is 0 Å². The summed E-state index contributed by atoms with van der Waals surface area (Å²) in [4.78, 5) is 12.8. The molecule has 0 unspecified atom stereocenters. The molecule has 2 aromatic carbocycles. The summed E-state index contributed by atoms with van der Waals surface area (Å²) in [5, 5.41) is 2.92. The van der Waals surface area contributed by atoms with Gasteiger partial charge in [0.1, 0.15) is 0 Å². The van der Waals surface area contributed by atoms with E-state index in [0.29, 0.717) is 24.4 Å². The minimum absolute atomic E-state index is 0.114. The number of rotatable bonds is 6. The molecule has 1 amide bonds. The summed E-state index contributed by atoms with van der Waals surface area (Å²) in [7, 11) is -3.59.